The molecule has 0 saturated heterocycles. The summed E-state index contributed by atoms with van der Waals surface area (Å²) < 4.78 is 0. The Morgan fingerprint density at radius 3 is 2.78 bits per heavy atom. The summed E-state index contributed by atoms with van der Waals surface area (Å²) in [5, 5.41) is 0.668. The van der Waals surface area contributed by atoms with Gasteiger partial charge in [0.25, 0.3) is 0 Å². The number of nitrogens with zero attached hydrogens (tertiary/aromatic N) is 1. The maximum absolute atomic E-state index is 12.1. The van der Waals surface area contributed by atoms with Gasteiger partial charge in [-0.2, -0.15) is 0 Å². The van der Waals surface area contributed by atoms with Crippen LogP contribution in [0.4, 0.5) is 0 Å². The predicted molar refractivity (Wildman–Crippen MR) is 75.3 cm³/mol. The molecule has 0 saturated carbocycles. The van der Waals surface area contributed by atoms with Crippen LogP contribution in [0.25, 0.3) is 0 Å². The SMILES string of the molecule is C=CCC(N)C(=O)N(CC)Cc1ccccc1Cl. The van der Waals surface area contributed by atoms with Gasteiger partial charge in [-0.25, -0.2) is 0 Å². The van der Waals surface area contributed by atoms with Crippen LogP contribution in [-0.2, 0) is 11.3 Å². The van der Waals surface area contributed by atoms with Crippen LogP contribution in [0.3, 0.4) is 0 Å². The van der Waals surface area contributed by atoms with Gasteiger partial charge in [0.15, 0.2) is 0 Å². The van der Waals surface area contributed by atoms with Crippen LogP contribution >= 0.6 is 11.6 Å². The molecule has 0 bridgehead atoms. The fourth-order valence-electron chi connectivity index (χ4n) is 1.69. The lowest BCUT2D eigenvalue weighted by Gasteiger charge is -2.24. The molecule has 0 heterocycles. The molecule has 1 aromatic carbocycles. The Bertz CT molecular complexity index is 420. The predicted octanol–water partition coefficient (Wildman–Crippen LogP) is 2.59. The molecule has 1 atom stereocenters. The third-order valence-corrected chi connectivity index (χ3v) is 3.12. The molecule has 0 aliphatic rings. The summed E-state index contributed by atoms with van der Waals surface area (Å²) in [4.78, 5) is 13.8. The van der Waals surface area contributed by atoms with Gasteiger partial charge in [0.2, 0.25) is 5.91 Å². The molecule has 1 unspecified atom stereocenters. The average Bonchev–Trinajstić information content (AvgIpc) is 2.37. The molecule has 1 aromatic rings. The molecular formula is C14H19ClN2O. The Balaban J connectivity index is 2.76. The molecule has 18 heavy (non-hydrogen) atoms. The summed E-state index contributed by atoms with van der Waals surface area (Å²) in [6.45, 7) is 6.61. The van der Waals surface area contributed by atoms with Gasteiger partial charge in [0, 0.05) is 18.1 Å². The van der Waals surface area contributed by atoms with Crippen molar-refractivity contribution < 1.29 is 4.79 Å². The molecule has 1 rings (SSSR count). The maximum Gasteiger partial charge on any atom is 0.240 e. The quantitative estimate of drug-likeness (QED) is 0.805. The van der Waals surface area contributed by atoms with Gasteiger partial charge < -0.3 is 10.6 Å². The van der Waals surface area contributed by atoms with E-state index in [1.165, 1.54) is 0 Å². The van der Waals surface area contributed by atoms with Gasteiger partial charge in [0.05, 0.1) is 6.04 Å². The zero-order valence-electron chi connectivity index (χ0n) is 10.6. The molecule has 0 aliphatic carbocycles. The summed E-state index contributed by atoms with van der Waals surface area (Å²) in [6.07, 6.45) is 2.14. The minimum Gasteiger partial charge on any atom is -0.337 e. The maximum atomic E-state index is 12.1. The summed E-state index contributed by atoms with van der Waals surface area (Å²) >= 11 is 6.09. The van der Waals surface area contributed by atoms with Crippen molar-refractivity contribution in [1.82, 2.24) is 4.90 Å². The van der Waals surface area contributed by atoms with Crippen LogP contribution in [0.2, 0.25) is 5.02 Å². The number of benzene rings is 1. The number of likely N-dealkylation sites (N-methyl/N-ethyl adjacent to an activating group) is 1. The van der Waals surface area contributed by atoms with Crippen LogP contribution in [0.15, 0.2) is 36.9 Å². The Morgan fingerprint density at radius 2 is 2.22 bits per heavy atom. The van der Waals surface area contributed by atoms with Crippen molar-refractivity contribution in [2.75, 3.05) is 6.54 Å². The van der Waals surface area contributed by atoms with Gasteiger partial charge in [-0.3, -0.25) is 4.79 Å². The van der Waals surface area contributed by atoms with Crippen LogP contribution in [0, 0.1) is 0 Å². The summed E-state index contributed by atoms with van der Waals surface area (Å²) in [5.74, 6) is -0.0719. The van der Waals surface area contributed by atoms with E-state index < -0.39 is 6.04 Å². The third kappa shape index (κ3) is 3.86. The molecule has 0 radical (unpaired) electrons. The first-order valence-corrected chi connectivity index (χ1v) is 6.36. The highest BCUT2D eigenvalue weighted by Gasteiger charge is 2.19. The van der Waals surface area contributed by atoms with Crippen LogP contribution in [0.1, 0.15) is 18.9 Å². The Kier molecular flexibility index (Phi) is 5.89. The monoisotopic (exact) mass is 266 g/mol. The first-order valence-electron chi connectivity index (χ1n) is 5.98. The van der Waals surface area contributed by atoms with E-state index in [1.54, 1.807) is 11.0 Å². The lowest BCUT2D eigenvalue weighted by molar-refractivity contribution is -0.132. The number of hydrogen-bond donors (Lipinski definition) is 1. The van der Waals surface area contributed by atoms with Crippen molar-refractivity contribution in [3.8, 4) is 0 Å². The second-order valence-corrected chi connectivity index (χ2v) is 4.48. The number of nitrogens with two attached hydrogens (primary N) is 1. The molecule has 1 amide bonds. The number of carbonyl (C=O) groups excluding carboxylic acids is 1. The number of amides is 1. The van der Waals surface area contributed by atoms with Crippen LogP contribution < -0.4 is 5.73 Å². The summed E-state index contributed by atoms with van der Waals surface area (Å²) in [7, 11) is 0. The van der Waals surface area contributed by atoms with Crippen molar-refractivity contribution in [2.45, 2.75) is 25.9 Å². The topological polar surface area (TPSA) is 46.3 Å². The van der Waals surface area contributed by atoms with E-state index >= 15 is 0 Å². The number of hydrogen-bond acceptors (Lipinski definition) is 2. The smallest absolute Gasteiger partial charge is 0.240 e. The molecule has 0 aromatic heterocycles. The van der Waals surface area contributed by atoms with Gasteiger partial charge >= 0.3 is 0 Å². The van der Waals surface area contributed by atoms with E-state index in [0.717, 1.165) is 5.56 Å². The minimum atomic E-state index is -0.523. The summed E-state index contributed by atoms with van der Waals surface area (Å²) in [5.41, 5.74) is 6.73. The van der Waals surface area contributed by atoms with Gasteiger partial charge in [0.1, 0.15) is 0 Å². The highest BCUT2D eigenvalue weighted by Crippen LogP contribution is 2.17. The first-order chi connectivity index (χ1) is 8.60. The van der Waals surface area contributed by atoms with E-state index in [-0.39, 0.29) is 5.91 Å². The Morgan fingerprint density at radius 1 is 1.56 bits per heavy atom. The van der Waals surface area contributed by atoms with Crippen LogP contribution in [0.5, 0.6) is 0 Å². The fourth-order valence-corrected chi connectivity index (χ4v) is 1.89. The molecule has 98 valence electrons. The third-order valence-electron chi connectivity index (χ3n) is 2.75. The van der Waals surface area contributed by atoms with Gasteiger partial charge in [-0.05, 0) is 25.0 Å². The normalized spacial score (nSPS) is 11.9. The Hall–Kier alpha value is -1.32. The first kappa shape index (κ1) is 14.7. The van der Waals surface area contributed by atoms with E-state index in [4.69, 9.17) is 17.3 Å². The van der Waals surface area contributed by atoms with E-state index in [9.17, 15) is 4.79 Å². The van der Waals surface area contributed by atoms with Gasteiger partial charge in [-0.1, -0.05) is 35.9 Å². The van der Waals surface area contributed by atoms with Gasteiger partial charge in [-0.15, -0.1) is 6.58 Å². The van der Waals surface area contributed by atoms with Crippen molar-refractivity contribution in [3.05, 3.63) is 47.5 Å². The second kappa shape index (κ2) is 7.19. The lowest BCUT2D eigenvalue weighted by Crippen LogP contribution is -2.43. The van der Waals surface area contributed by atoms with Crippen molar-refractivity contribution in [1.29, 1.82) is 0 Å². The molecule has 0 spiro atoms. The fraction of sp³-hybridized carbons (Fsp3) is 0.357. The molecular weight excluding hydrogens is 248 g/mol. The standard InChI is InChI=1S/C14H19ClN2O/c1-3-7-13(16)14(18)17(4-2)10-11-8-5-6-9-12(11)15/h3,5-6,8-9,13H,1,4,7,10,16H2,2H3. The molecule has 0 aliphatic heterocycles. The van der Waals surface area contributed by atoms with Crippen molar-refractivity contribution in [2.24, 2.45) is 5.73 Å². The highest BCUT2D eigenvalue weighted by molar-refractivity contribution is 6.31. The second-order valence-electron chi connectivity index (χ2n) is 4.07. The van der Waals surface area contributed by atoms with E-state index in [0.29, 0.717) is 24.5 Å². The zero-order chi connectivity index (χ0) is 13.5. The Labute approximate surface area is 113 Å². The lowest BCUT2D eigenvalue weighted by atomic mass is 10.1. The highest BCUT2D eigenvalue weighted by atomic mass is 35.5. The average molecular weight is 267 g/mol. The summed E-state index contributed by atoms with van der Waals surface area (Å²) in [6, 6.07) is 6.98. The molecule has 4 heteroatoms. The number of rotatable bonds is 6. The van der Waals surface area contributed by atoms with Crippen molar-refractivity contribution in [3.63, 3.8) is 0 Å². The van der Waals surface area contributed by atoms with E-state index in [2.05, 4.69) is 6.58 Å². The zero-order valence-corrected chi connectivity index (χ0v) is 11.4. The number of halogens is 1. The minimum absolute atomic E-state index is 0.0719. The molecule has 3 nitrogen and oxygen atoms in total. The molecule has 2 N–H and O–H groups in total. The molecule has 0 fully saturated rings. The van der Waals surface area contributed by atoms with Crippen LogP contribution in [-0.4, -0.2) is 23.4 Å². The largest absolute Gasteiger partial charge is 0.337 e. The van der Waals surface area contributed by atoms with Crippen molar-refractivity contribution >= 4 is 17.5 Å². The number of carbonyl (C=O) groups is 1. The van der Waals surface area contributed by atoms with E-state index in [1.807, 2.05) is 31.2 Å².